The van der Waals surface area contributed by atoms with Crippen molar-refractivity contribution in [2.45, 2.75) is 38.5 Å². The molecular formula is C19H18ClF2NO3S. The highest BCUT2D eigenvalue weighted by Crippen LogP contribution is 2.38. The predicted octanol–water partition coefficient (Wildman–Crippen LogP) is 5.38. The van der Waals surface area contributed by atoms with Crippen LogP contribution in [0.2, 0.25) is 5.02 Å². The van der Waals surface area contributed by atoms with Crippen LogP contribution in [-0.2, 0) is 17.6 Å². The molecule has 2 aromatic rings. The molecule has 1 N–H and O–H groups in total. The van der Waals surface area contributed by atoms with Crippen LogP contribution in [0.1, 0.15) is 56.8 Å². The summed E-state index contributed by atoms with van der Waals surface area (Å²) in [7, 11) is 1.28. The first-order valence-corrected chi connectivity index (χ1v) is 9.80. The normalized spacial score (nSPS) is 14.1. The highest BCUT2D eigenvalue weighted by atomic mass is 35.5. The summed E-state index contributed by atoms with van der Waals surface area (Å²) in [6, 6.07) is 1.50. The van der Waals surface area contributed by atoms with E-state index in [-0.39, 0.29) is 10.6 Å². The number of methoxy groups -OCH3 is 1. The Labute approximate surface area is 164 Å². The number of halogens is 3. The van der Waals surface area contributed by atoms with E-state index in [1.165, 1.54) is 18.4 Å². The van der Waals surface area contributed by atoms with Crippen LogP contribution in [0.25, 0.3) is 0 Å². The molecule has 1 aromatic carbocycles. The summed E-state index contributed by atoms with van der Waals surface area (Å²) in [5.74, 6) is -3.54. The van der Waals surface area contributed by atoms with Gasteiger partial charge in [-0.3, -0.25) is 4.79 Å². The number of esters is 1. The van der Waals surface area contributed by atoms with Crippen molar-refractivity contribution in [2.75, 3.05) is 12.4 Å². The van der Waals surface area contributed by atoms with Gasteiger partial charge in [-0.2, -0.15) is 0 Å². The van der Waals surface area contributed by atoms with Crippen LogP contribution in [-0.4, -0.2) is 19.0 Å². The molecule has 4 nitrogen and oxygen atoms in total. The summed E-state index contributed by atoms with van der Waals surface area (Å²) in [4.78, 5) is 26.0. The molecule has 8 heteroatoms. The fraction of sp³-hybridized carbons (Fsp3) is 0.368. The van der Waals surface area contributed by atoms with Gasteiger partial charge in [0.25, 0.3) is 5.91 Å². The zero-order valence-electron chi connectivity index (χ0n) is 14.7. The van der Waals surface area contributed by atoms with Crippen LogP contribution < -0.4 is 5.32 Å². The molecule has 0 saturated carbocycles. The molecule has 0 spiro atoms. The van der Waals surface area contributed by atoms with Crippen molar-refractivity contribution in [3.63, 3.8) is 0 Å². The number of carbonyl (C=O) groups excluding carboxylic acids is 2. The van der Waals surface area contributed by atoms with Crippen molar-refractivity contribution < 1.29 is 23.1 Å². The number of rotatable bonds is 3. The van der Waals surface area contributed by atoms with Gasteiger partial charge in [-0.1, -0.05) is 24.4 Å². The van der Waals surface area contributed by atoms with E-state index in [1.54, 1.807) is 0 Å². The maximum absolute atomic E-state index is 13.5. The van der Waals surface area contributed by atoms with E-state index >= 15 is 0 Å². The van der Waals surface area contributed by atoms with Gasteiger partial charge in [0.1, 0.15) is 5.00 Å². The second-order valence-corrected chi connectivity index (χ2v) is 7.83. The van der Waals surface area contributed by atoms with E-state index in [0.717, 1.165) is 61.1 Å². The van der Waals surface area contributed by atoms with Crippen molar-refractivity contribution in [1.82, 2.24) is 0 Å². The molecule has 144 valence electrons. The number of benzene rings is 1. The molecular weight excluding hydrogens is 396 g/mol. The number of nitrogens with one attached hydrogen (secondary N) is 1. The Bertz CT molecular complexity index is 898. The molecule has 0 unspecified atom stereocenters. The number of carbonyl (C=O) groups is 2. The zero-order valence-corrected chi connectivity index (χ0v) is 16.2. The third-order valence-corrected chi connectivity index (χ3v) is 6.06. The Hall–Kier alpha value is -1.99. The molecule has 1 aliphatic carbocycles. The lowest BCUT2D eigenvalue weighted by Gasteiger charge is -2.11. The van der Waals surface area contributed by atoms with Gasteiger partial charge in [0, 0.05) is 4.88 Å². The van der Waals surface area contributed by atoms with Gasteiger partial charge in [0.15, 0.2) is 11.6 Å². The number of aryl methyl sites for hydroxylation is 1. The highest BCUT2D eigenvalue weighted by Gasteiger charge is 2.26. The molecule has 1 aromatic heterocycles. The van der Waals surface area contributed by atoms with Gasteiger partial charge in [-0.15, -0.1) is 11.3 Å². The monoisotopic (exact) mass is 413 g/mol. The van der Waals surface area contributed by atoms with Gasteiger partial charge >= 0.3 is 5.97 Å². The van der Waals surface area contributed by atoms with E-state index in [0.29, 0.717) is 10.6 Å². The van der Waals surface area contributed by atoms with Crippen LogP contribution in [0.4, 0.5) is 13.8 Å². The molecule has 0 aliphatic heterocycles. The largest absolute Gasteiger partial charge is 0.465 e. The number of ether oxygens (including phenoxy) is 1. The molecule has 27 heavy (non-hydrogen) atoms. The van der Waals surface area contributed by atoms with Crippen LogP contribution in [0.3, 0.4) is 0 Å². The lowest BCUT2D eigenvalue weighted by molar-refractivity contribution is 0.0601. The summed E-state index contributed by atoms with van der Waals surface area (Å²) in [6.07, 6.45) is 5.73. The number of hydrogen-bond donors (Lipinski definition) is 1. The van der Waals surface area contributed by atoms with Gasteiger partial charge in [0.2, 0.25) is 0 Å². The number of amides is 1. The Kier molecular flexibility index (Phi) is 6.11. The third kappa shape index (κ3) is 4.14. The molecule has 1 amide bonds. The first-order valence-electron chi connectivity index (χ1n) is 8.61. The Morgan fingerprint density at radius 2 is 1.78 bits per heavy atom. The lowest BCUT2D eigenvalue weighted by Crippen LogP contribution is -2.15. The quantitative estimate of drug-likeness (QED) is 0.543. The van der Waals surface area contributed by atoms with Crippen molar-refractivity contribution in [1.29, 1.82) is 0 Å². The summed E-state index contributed by atoms with van der Waals surface area (Å²) in [5.41, 5.74) is 1.04. The van der Waals surface area contributed by atoms with Crippen LogP contribution in [0.5, 0.6) is 0 Å². The van der Waals surface area contributed by atoms with E-state index in [2.05, 4.69) is 5.32 Å². The smallest absolute Gasteiger partial charge is 0.341 e. The molecule has 1 heterocycles. The molecule has 3 rings (SSSR count). The minimum absolute atomic E-state index is 0.202. The minimum Gasteiger partial charge on any atom is -0.465 e. The van der Waals surface area contributed by atoms with Crippen LogP contribution in [0.15, 0.2) is 12.1 Å². The Balaban J connectivity index is 1.98. The van der Waals surface area contributed by atoms with Crippen LogP contribution >= 0.6 is 22.9 Å². The summed E-state index contributed by atoms with van der Waals surface area (Å²) < 4.78 is 31.7. The number of anilines is 1. The third-order valence-electron chi connectivity index (χ3n) is 4.54. The SMILES string of the molecule is COC(=O)c1c(NC(=O)c2cc(F)c(F)cc2Cl)sc2c1CCCCCC2. The molecule has 0 fully saturated rings. The topological polar surface area (TPSA) is 55.4 Å². The summed E-state index contributed by atoms with van der Waals surface area (Å²) in [5, 5.41) is 2.77. The second-order valence-electron chi connectivity index (χ2n) is 6.31. The van der Waals surface area contributed by atoms with E-state index in [9.17, 15) is 18.4 Å². The molecule has 0 atom stereocenters. The van der Waals surface area contributed by atoms with Crippen LogP contribution in [0, 0.1) is 11.6 Å². The maximum Gasteiger partial charge on any atom is 0.341 e. The minimum atomic E-state index is -1.17. The predicted molar refractivity (Wildman–Crippen MR) is 101 cm³/mol. The maximum atomic E-state index is 13.5. The van der Waals surface area contributed by atoms with Gasteiger partial charge < -0.3 is 10.1 Å². The first kappa shape index (κ1) is 19.8. The number of thiophene rings is 1. The average Bonchev–Trinajstić information content (AvgIpc) is 2.93. The zero-order chi connectivity index (χ0) is 19.6. The molecule has 0 saturated heterocycles. The van der Waals surface area contributed by atoms with E-state index in [4.69, 9.17) is 16.3 Å². The molecule has 1 aliphatic rings. The fourth-order valence-corrected chi connectivity index (χ4v) is 4.70. The van der Waals surface area contributed by atoms with Crippen molar-refractivity contribution in [3.05, 3.63) is 50.4 Å². The Morgan fingerprint density at radius 1 is 1.11 bits per heavy atom. The number of fused-ring (bicyclic) bond motifs is 1. The Morgan fingerprint density at radius 3 is 2.48 bits per heavy atom. The van der Waals surface area contributed by atoms with Crippen molar-refractivity contribution in [2.24, 2.45) is 0 Å². The summed E-state index contributed by atoms with van der Waals surface area (Å²) >= 11 is 7.20. The number of hydrogen-bond acceptors (Lipinski definition) is 4. The average molecular weight is 414 g/mol. The van der Waals surface area contributed by atoms with Crippen molar-refractivity contribution >= 4 is 39.8 Å². The molecule has 0 bridgehead atoms. The summed E-state index contributed by atoms with van der Waals surface area (Å²) in [6.45, 7) is 0. The fourth-order valence-electron chi connectivity index (χ4n) is 3.19. The second kappa shape index (κ2) is 8.35. The highest BCUT2D eigenvalue weighted by molar-refractivity contribution is 7.17. The standard InChI is InChI=1S/C19H18ClF2NO3S/c1-26-19(25)16-10-6-4-2-3-5-7-15(10)27-18(16)23-17(24)11-8-13(21)14(22)9-12(11)20/h8-9H,2-7H2,1H3,(H,23,24). The van der Waals surface area contributed by atoms with E-state index < -0.39 is 23.5 Å². The van der Waals surface area contributed by atoms with Crippen molar-refractivity contribution in [3.8, 4) is 0 Å². The first-order chi connectivity index (χ1) is 12.9. The van der Waals surface area contributed by atoms with Gasteiger partial charge in [0.05, 0.1) is 23.3 Å². The van der Waals surface area contributed by atoms with Gasteiger partial charge in [-0.05, 0) is 43.4 Å². The molecule has 0 radical (unpaired) electrons. The van der Waals surface area contributed by atoms with E-state index in [1.807, 2.05) is 0 Å². The lowest BCUT2D eigenvalue weighted by atomic mass is 9.96. The van der Waals surface area contributed by atoms with Gasteiger partial charge in [-0.25, -0.2) is 13.6 Å².